The van der Waals surface area contributed by atoms with Gasteiger partial charge >= 0.3 is 0 Å². The summed E-state index contributed by atoms with van der Waals surface area (Å²) in [6.45, 7) is 2.18. The SMILES string of the molecule is CCCCCC[C@@H](C=O)c1cc(OC)cc(OC)c1. The van der Waals surface area contributed by atoms with E-state index < -0.39 is 0 Å². The van der Waals surface area contributed by atoms with Gasteiger partial charge in [-0.25, -0.2) is 0 Å². The van der Waals surface area contributed by atoms with Gasteiger partial charge in [0, 0.05) is 12.0 Å². The molecule has 0 aliphatic rings. The van der Waals surface area contributed by atoms with E-state index in [-0.39, 0.29) is 5.92 Å². The van der Waals surface area contributed by atoms with Crippen molar-refractivity contribution in [1.29, 1.82) is 0 Å². The molecular weight excluding hydrogens is 240 g/mol. The summed E-state index contributed by atoms with van der Waals surface area (Å²) in [6, 6.07) is 5.66. The van der Waals surface area contributed by atoms with Crippen molar-refractivity contribution in [3.8, 4) is 11.5 Å². The maximum atomic E-state index is 11.3. The number of hydrogen-bond donors (Lipinski definition) is 0. The lowest BCUT2D eigenvalue weighted by atomic mass is 9.94. The largest absolute Gasteiger partial charge is 0.497 e. The molecule has 0 amide bonds. The van der Waals surface area contributed by atoms with Gasteiger partial charge in [-0.1, -0.05) is 32.6 Å². The van der Waals surface area contributed by atoms with Crippen LogP contribution in [-0.2, 0) is 4.79 Å². The van der Waals surface area contributed by atoms with E-state index in [1.54, 1.807) is 14.2 Å². The first-order valence-corrected chi connectivity index (χ1v) is 6.93. The molecule has 1 rings (SSSR count). The minimum Gasteiger partial charge on any atom is -0.497 e. The Kier molecular flexibility index (Phi) is 7.01. The number of carbonyl (C=O) groups excluding carboxylic acids is 1. The van der Waals surface area contributed by atoms with Crippen LogP contribution in [0.4, 0.5) is 0 Å². The van der Waals surface area contributed by atoms with Gasteiger partial charge in [-0.15, -0.1) is 0 Å². The van der Waals surface area contributed by atoms with E-state index >= 15 is 0 Å². The van der Waals surface area contributed by atoms with Crippen molar-refractivity contribution in [1.82, 2.24) is 0 Å². The molecule has 1 aromatic carbocycles. The first-order chi connectivity index (χ1) is 9.24. The van der Waals surface area contributed by atoms with E-state index in [1.165, 1.54) is 19.3 Å². The molecule has 19 heavy (non-hydrogen) atoms. The molecule has 0 radical (unpaired) electrons. The van der Waals surface area contributed by atoms with E-state index in [0.717, 1.165) is 36.2 Å². The Labute approximate surface area is 115 Å². The van der Waals surface area contributed by atoms with Crippen molar-refractivity contribution in [2.45, 2.75) is 44.9 Å². The van der Waals surface area contributed by atoms with Crippen LogP contribution in [0, 0.1) is 0 Å². The summed E-state index contributed by atoms with van der Waals surface area (Å²) in [4.78, 5) is 11.3. The highest BCUT2D eigenvalue weighted by atomic mass is 16.5. The van der Waals surface area contributed by atoms with Crippen molar-refractivity contribution < 1.29 is 14.3 Å². The van der Waals surface area contributed by atoms with Crippen molar-refractivity contribution in [2.24, 2.45) is 0 Å². The van der Waals surface area contributed by atoms with Gasteiger partial charge in [0.25, 0.3) is 0 Å². The molecule has 0 saturated heterocycles. The van der Waals surface area contributed by atoms with Gasteiger partial charge in [-0.2, -0.15) is 0 Å². The van der Waals surface area contributed by atoms with Gasteiger partial charge in [0.05, 0.1) is 14.2 Å². The zero-order valence-corrected chi connectivity index (χ0v) is 12.1. The van der Waals surface area contributed by atoms with Gasteiger partial charge in [0.15, 0.2) is 0 Å². The topological polar surface area (TPSA) is 35.5 Å². The molecule has 1 atom stereocenters. The standard InChI is InChI=1S/C16H24O3/c1-4-5-6-7-8-13(12-17)14-9-15(18-2)11-16(10-14)19-3/h9-13H,4-8H2,1-3H3/t13-/m0/s1. The second kappa shape index (κ2) is 8.57. The van der Waals surface area contributed by atoms with Gasteiger partial charge in [0.2, 0.25) is 0 Å². The molecule has 0 N–H and O–H groups in total. The molecule has 3 heteroatoms. The fourth-order valence-electron chi connectivity index (χ4n) is 2.15. The molecule has 106 valence electrons. The first-order valence-electron chi connectivity index (χ1n) is 6.93. The van der Waals surface area contributed by atoms with Gasteiger partial charge in [0.1, 0.15) is 17.8 Å². The van der Waals surface area contributed by atoms with Crippen molar-refractivity contribution in [3.63, 3.8) is 0 Å². The summed E-state index contributed by atoms with van der Waals surface area (Å²) >= 11 is 0. The molecular formula is C16H24O3. The fraction of sp³-hybridized carbons (Fsp3) is 0.562. The second-order valence-corrected chi connectivity index (χ2v) is 4.74. The normalized spacial score (nSPS) is 11.9. The number of aldehydes is 1. The summed E-state index contributed by atoms with van der Waals surface area (Å²) in [5, 5.41) is 0. The number of unbranched alkanes of at least 4 members (excludes halogenated alkanes) is 3. The predicted molar refractivity (Wildman–Crippen MR) is 77.1 cm³/mol. The number of methoxy groups -OCH3 is 2. The molecule has 0 saturated carbocycles. The van der Waals surface area contributed by atoms with Crippen LogP contribution < -0.4 is 9.47 Å². The number of carbonyl (C=O) groups is 1. The van der Waals surface area contributed by atoms with Crippen LogP contribution in [0.2, 0.25) is 0 Å². The Morgan fingerprint density at radius 3 is 2.16 bits per heavy atom. The molecule has 0 heterocycles. The summed E-state index contributed by atoms with van der Waals surface area (Å²) in [7, 11) is 3.24. The predicted octanol–water partition coefficient (Wildman–Crippen LogP) is 3.96. The van der Waals surface area contributed by atoms with Crippen LogP contribution in [0.3, 0.4) is 0 Å². The molecule has 3 nitrogen and oxygen atoms in total. The third kappa shape index (κ3) is 4.93. The Morgan fingerprint density at radius 1 is 1.05 bits per heavy atom. The van der Waals surface area contributed by atoms with Crippen LogP contribution >= 0.6 is 0 Å². The highest BCUT2D eigenvalue weighted by molar-refractivity contribution is 5.63. The van der Waals surface area contributed by atoms with E-state index in [0.29, 0.717) is 0 Å². The van der Waals surface area contributed by atoms with Crippen LogP contribution in [0.1, 0.15) is 50.5 Å². The smallest absolute Gasteiger partial charge is 0.127 e. The van der Waals surface area contributed by atoms with E-state index in [1.807, 2.05) is 18.2 Å². The highest BCUT2D eigenvalue weighted by Crippen LogP contribution is 2.29. The minimum atomic E-state index is -0.0687. The highest BCUT2D eigenvalue weighted by Gasteiger charge is 2.13. The third-order valence-electron chi connectivity index (χ3n) is 3.33. The summed E-state index contributed by atoms with van der Waals surface area (Å²) in [5.74, 6) is 1.39. The average molecular weight is 264 g/mol. The summed E-state index contributed by atoms with van der Waals surface area (Å²) in [5.41, 5.74) is 0.975. The zero-order valence-electron chi connectivity index (χ0n) is 12.1. The Hall–Kier alpha value is -1.51. The number of benzene rings is 1. The molecule has 0 unspecified atom stereocenters. The summed E-state index contributed by atoms with van der Waals surface area (Å²) in [6.07, 6.45) is 6.62. The quantitative estimate of drug-likeness (QED) is 0.500. The lowest BCUT2D eigenvalue weighted by molar-refractivity contribution is -0.109. The lowest BCUT2D eigenvalue weighted by Crippen LogP contribution is -2.02. The molecule has 1 aromatic rings. The molecule has 0 aromatic heterocycles. The second-order valence-electron chi connectivity index (χ2n) is 4.74. The van der Waals surface area contributed by atoms with Crippen molar-refractivity contribution >= 4 is 6.29 Å². The third-order valence-corrected chi connectivity index (χ3v) is 3.33. The Bertz CT molecular complexity index is 365. The monoisotopic (exact) mass is 264 g/mol. The van der Waals surface area contributed by atoms with Crippen LogP contribution in [-0.4, -0.2) is 20.5 Å². The molecule has 0 aliphatic heterocycles. The Morgan fingerprint density at radius 2 is 1.68 bits per heavy atom. The van der Waals surface area contributed by atoms with E-state index in [2.05, 4.69) is 6.92 Å². The van der Waals surface area contributed by atoms with Crippen LogP contribution in [0.5, 0.6) is 11.5 Å². The molecule has 0 aliphatic carbocycles. The zero-order chi connectivity index (χ0) is 14.1. The van der Waals surface area contributed by atoms with Crippen LogP contribution in [0.25, 0.3) is 0 Å². The van der Waals surface area contributed by atoms with Crippen molar-refractivity contribution in [3.05, 3.63) is 23.8 Å². The minimum absolute atomic E-state index is 0.0687. The Balaban J connectivity index is 2.76. The van der Waals surface area contributed by atoms with E-state index in [9.17, 15) is 4.79 Å². The van der Waals surface area contributed by atoms with Crippen LogP contribution in [0.15, 0.2) is 18.2 Å². The first kappa shape index (κ1) is 15.5. The van der Waals surface area contributed by atoms with Gasteiger partial charge < -0.3 is 14.3 Å². The number of rotatable bonds is 9. The fourth-order valence-corrected chi connectivity index (χ4v) is 2.15. The van der Waals surface area contributed by atoms with Gasteiger partial charge in [-0.3, -0.25) is 0 Å². The van der Waals surface area contributed by atoms with Crippen molar-refractivity contribution in [2.75, 3.05) is 14.2 Å². The lowest BCUT2D eigenvalue weighted by Gasteiger charge is -2.13. The maximum absolute atomic E-state index is 11.3. The van der Waals surface area contributed by atoms with Gasteiger partial charge in [-0.05, 0) is 24.1 Å². The molecule has 0 spiro atoms. The number of hydrogen-bond acceptors (Lipinski definition) is 3. The number of ether oxygens (including phenoxy) is 2. The summed E-state index contributed by atoms with van der Waals surface area (Å²) < 4.78 is 10.5. The van der Waals surface area contributed by atoms with E-state index in [4.69, 9.17) is 9.47 Å². The molecule has 0 bridgehead atoms. The average Bonchev–Trinajstić information content (AvgIpc) is 2.46. The molecule has 0 fully saturated rings. The maximum Gasteiger partial charge on any atom is 0.127 e.